The van der Waals surface area contributed by atoms with Gasteiger partial charge in [-0.1, -0.05) is 48.0 Å². The van der Waals surface area contributed by atoms with Crippen molar-refractivity contribution in [2.45, 2.75) is 24.8 Å². The molecule has 0 aliphatic carbocycles. The lowest BCUT2D eigenvalue weighted by molar-refractivity contribution is -0.139. The molecule has 0 saturated carbocycles. The first kappa shape index (κ1) is 25.9. The molecule has 0 radical (unpaired) electrons. The van der Waals surface area contributed by atoms with Gasteiger partial charge in [-0.15, -0.1) is 0 Å². The van der Waals surface area contributed by atoms with E-state index in [2.05, 4.69) is 10.2 Å². The van der Waals surface area contributed by atoms with Crippen LogP contribution in [0, 0.1) is 6.92 Å². The number of likely N-dealkylation sites (N-methyl/N-ethyl adjacent to an activating group) is 1. The number of hydrogen-bond donors (Lipinski definition) is 1. The Balaban J connectivity index is 1.60. The van der Waals surface area contributed by atoms with Crippen molar-refractivity contribution in [2.24, 2.45) is 0 Å². The summed E-state index contributed by atoms with van der Waals surface area (Å²) in [6.45, 7) is 5.80. The van der Waals surface area contributed by atoms with Crippen LogP contribution in [0.1, 0.15) is 24.1 Å². The number of rotatable bonds is 7. The number of carbonyl (C=O) groups excluding carboxylic acids is 2. The van der Waals surface area contributed by atoms with Crippen LogP contribution in [-0.2, 0) is 19.6 Å². The molecule has 36 heavy (non-hydrogen) atoms. The van der Waals surface area contributed by atoms with Gasteiger partial charge in [-0.2, -0.15) is 4.31 Å². The van der Waals surface area contributed by atoms with Gasteiger partial charge < -0.3 is 10.1 Å². The van der Waals surface area contributed by atoms with Gasteiger partial charge in [0.2, 0.25) is 10.0 Å². The van der Waals surface area contributed by atoms with E-state index in [1.54, 1.807) is 44.3 Å². The number of aryl methyl sites for hydroxylation is 1. The smallest absolute Gasteiger partial charge is 0.338 e. The number of nitrogens with one attached hydrogen (secondary N) is 1. The van der Waals surface area contributed by atoms with Crippen molar-refractivity contribution < 1.29 is 22.7 Å². The van der Waals surface area contributed by atoms with E-state index in [1.807, 2.05) is 31.2 Å². The topological polar surface area (TPSA) is 99.3 Å². The number of carbonyl (C=O) groups is 2. The molecular weight excluding hydrogens is 480 g/mol. The van der Waals surface area contributed by atoms with Crippen molar-refractivity contribution in [3.05, 3.63) is 77.0 Å². The second-order valence-electron chi connectivity index (χ2n) is 8.93. The first-order valence-electron chi connectivity index (χ1n) is 12.0. The summed E-state index contributed by atoms with van der Waals surface area (Å²) in [7, 11) is -1.94. The molecule has 2 aliphatic heterocycles. The van der Waals surface area contributed by atoms with E-state index in [1.165, 1.54) is 9.21 Å². The van der Waals surface area contributed by atoms with E-state index in [-0.39, 0.29) is 17.5 Å². The standard InChI is InChI=1S/C26H32N4O5S/c1-4-35-25(31)23-22(28(3)26(32)27-24(23)20-10-8-9-19(2)17-20)18-29-13-15-30(16-14-29)36(33,34)21-11-6-5-7-12-21/h5-12,17,24H,4,13-16,18H2,1-3H3,(H,27,32)/t24-/m1/s1. The van der Waals surface area contributed by atoms with Crippen molar-refractivity contribution in [3.8, 4) is 0 Å². The molecule has 0 unspecified atom stereocenters. The highest BCUT2D eigenvalue weighted by Gasteiger charge is 2.38. The van der Waals surface area contributed by atoms with Gasteiger partial charge in [0.05, 0.1) is 23.1 Å². The molecule has 1 atom stereocenters. The predicted molar refractivity (Wildman–Crippen MR) is 136 cm³/mol. The van der Waals surface area contributed by atoms with Crippen LogP contribution in [0.5, 0.6) is 0 Å². The Hall–Kier alpha value is -3.21. The van der Waals surface area contributed by atoms with Gasteiger partial charge >= 0.3 is 12.0 Å². The van der Waals surface area contributed by atoms with Crippen molar-refractivity contribution >= 4 is 22.0 Å². The van der Waals surface area contributed by atoms with E-state index in [0.717, 1.165) is 11.1 Å². The Morgan fingerprint density at radius 3 is 2.39 bits per heavy atom. The molecule has 192 valence electrons. The Labute approximate surface area is 212 Å². The monoisotopic (exact) mass is 512 g/mol. The van der Waals surface area contributed by atoms with Crippen LogP contribution in [-0.4, -0.2) is 80.9 Å². The number of piperazine rings is 1. The average molecular weight is 513 g/mol. The van der Waals surface area contributed by atoms with Gasteiger partial charge in [-0.05, 0) is 31.5 Å². The fraction of sp³-hybridized carbons (Fsp3) is 0.385. The molecule has 0 bridgehead atoms. The van der Waals surface area contributed by atoms with Crippen LogP contribution in [0.3, 0.4) is 0 Å². The van der Waals surface area contributed by atoms with Crippen LogP contribution < -0.4 is 5.32 Å². The number of esters is 1. The number of hydrogen-bond acceptors (Lipinski definition) is 6. The molecule has 1 fully saturated rings. The molecule has 2 amide bonds. The first-order valence-corrected chi connectivity index (χ1v) is 13.4. The first-order chi connectivity index (χ1) is 17.2. The molecule has 2 aromatic carbocycles. The molecule has 4 rings (SSSR count). The minimum Gasteiger partial charge on any atom is -0.463 e. The third-order valence-electron chi connectivity index (χ3n) is 6.53. The fourth-order valence-corrected chi connectivity index (χ4v) is 6.02. The van der Waals surface area contributed by atoms with E-state index >= 15 is 0 Å². The largest absolute Gasteiger partial charge is 0.463 e. The highest BCUT2D eigenvalue weighted by atomic mass is 32.2. The van der Waals surface area contributed by atoms with Gasteiger partial charge in [-0.25, -0.2) is 18.0 Å². The summed E-state index contributed by atoms with van der Waals surface area (Å²) < 4.78 is 32.9. The zero-order valence-electron chi connectivity index (χ0n) is 20.8. The quantitative estimate of drug-likeness (QED) is 0.573. The van der Waals surface area contributed by atoms with Crippen LogP contribution in [0.15, 0.2) is 70.8 Å². The third-order valence-corrected chi connectivity index (χ3v) is 8.45. The summed E-state index contributed by atoms with van der Waals surface area (Å²) in [5.74, 6) is -0.476. The maximum absolute atomic E-state index is 13.1. The van der Waals surface area contributed by atoms with Crippen molar-refractivity contribution in [2.75, 3.05) is 46.4 Å². The zero-order valence-corrected chi connectivity index (χ0v) is 21.6. The molecule has 1 N–H and O–H groups in total. The van der Waals surface area contributed by atoms with E-state index in [4.69, 9.17) is 4.74 Å². The van der Waals surface area contributed by atoms with Gasteiger partial charge in [0, 0.05) is 45.5 Å². The molecule has 10 heteroatoms. The van der Waals surface area contributed by atoms with Crippen LogP contribution in [0.2, 0.25) is 0 Å². The normalized spacial score (nSPS) is 19.8. The number of sulfonamides is 1. The summed E-state index contributed by atoms with van der Waals surface area (Å²) in [5, 5.41) is 2.93. The molecule has 0 spiro atoms. The Bertz CT molecular complexity index is 1250. The number of benzene rings is 2. The summed E-state index contributed by atoms with van der Waals surface area (Å²) in [6, 6.07) is 15.1. The fourth-order valence-electron chi connectivity index (χ4n) is 4.58. The molecular formula is C26H32N4O5S. The van der Waals surface area contributed by atoms with Crippen molar-refractivity contribution in [3.63, 3.8) is 0 Å². The second kappa shape index (κ2) is 10.8. The average Bonchev–Trinajstić information content (AvgIpc) is 2.87. The molecule has 2 aromatic rings. The van der Waals surface area contributed by atoms with Crippen LogP contribution in [0.25, 0.3) is 0 Å². The SMILES string of the molecule is CCOC(=O)C1=C(CN2CCN(S(=O)(=O)c3ccccc3)CC2)N(C)C(=O)N[C@@H]1c1cccc(C)c1. The molecule has 1 saturated heterocycles. The summed E-state index contributed by atoms with van der Waals surface area (Å²) in [4.78, 5) is 29.8. The van der Waals surface area contributed by atoms with Crippen LogP contribution >= 0.6 is 0 Å². The number of nitrogens with zero attached hydrogens (tertiary/aromatic N) is 3. The van der Waals surface area contributed by atoms with Crippen molar-refractivity contribution in [1.82, 2.24) is 19.4 Å². The highest BCUT2D eigenvalue weighted by molar-refractivity contribution is 7.89. The van der Waals surface area contributed by atoms with Gasteiger partial charge in [0.25, 0.3) is 0 Å². The number of ether oxygens (including phenoxy) is 1. The number of urea groups is 1. The maximum Gasteiger partial charge on any atom is 0.338 e. The molecule has 2 aliphatic rings. The lowest BCUT2D eigenvalue weighted by Crippen LogP contribution is -2.53. The molecule has 9 nitrogen and oxygen atoms in total. The van der Waals surface area contributed by atoms with E-state index in [9.17, 15) is 18.0 Å². The maximum atomic E-state index is 13.1. The summed E-state index contributed by atoms with van der Waals surface area (Å²) in [5.41, 5.74) is 2.77. The van der Waals surface area contributed by atoms with Crippen LogP contribution in [0.4, 0.5) is 4.79 Å². The Kier molecular flexibility index (Phi) is 7.77. The van der Waals surface area contributed by atoms with Gasteiger partial charge in [-0.3, -0.25) is 9.80 Å². The molecule has 0 aromatic heterocycles. The lowest BCUT2D eigenvalue weighted by Gasteiger charge is -2.39. The minimum atomic E-state index is -3.57. The molecule has 2 heterocycles. The van der Waals surface area contributed by atoms with Gasteiger partial charge in [0.15, 0.2) is 0 Å². The van der Waals surface area contributed by atoms with E-state index < -0.39 is 22.0 Å². The van der Waals surface area contributed by atoms with Gasteiger partial charge in [0.1, 0.15) is 0 Å². The summed E-state index contributed by atoms with van der Waals surface area (Å²) >= 11 is 0. The zero-order chi connectivity index (χ0) is 25.9. The summed E-state index contributed by atoms with van der Waals surface area (Å²) in [6.07, 6.45) is 0. The Morgan fingerprint density at radius 1 is 1.06 bits per heavy atom. The minimum absolute atomic E-state index is 0.212. The Morgan fingerprint density at radius 2 is 1.75 bits per heavy atom. The van der Waals surface area contributed by atoms with E-state index in [0.29, 0.717) is 44.0 Å². The van der Waals surface area contributed by atoms with Crippen molar-refractivity contribution in [1.29, 1.82) is 0 Å². The lowest BCUT2D eigenvalue weighted by atomic mass is 9.93. The second-order valence-corrected chi connectivity index (χ2v) is 10.9. The predicted octanol–water partition coefficient (Wildman–Crippen LogP) is 2.51. The number of amides is 2. The third kappa shape index (κ3) is 5.30. The highest BCUT2D eigenvalue weighted by Crippen LogP contribution is 2.32.